The minimum atomic E-state index is -5.63. The normalized spacial score (nSPS) is 15.5. The van der Waals surface area contributed by atoms with E-state index in [0.29, 0.717) is 24.3 Å². The molecule has 0 aliphatic heterocycles. The zero-order valence-electron chi connectivity index (χ0n) is 34.4. The molecule has 7 rings (SSSR count). The van der Waals surface area contributed by atoms with Crippen molar-refractivity contribution in [1.82, 2.24) is 15.0 Å². The Kier molecular flexibility index (Phi) is 13.5. The van der Waals surface area contributed by atoms with Crippen LogP contribution < -0.4 is 21.5 Å². The van der Waals surface area contributed by atoms with Gasteiger partial charge in [-0.05, 0) is 90.0 Å². The summed E-state index contributed by atoms with van der Waals surface area (Å²) in [5.74, 6) is -4.91. The number of rotatable bonds is 14. The second kappa shape index (κ2) is 18.4. The maximum absolute atomic E-state index is 13.7. The molecule has 0 saturated carbocycles. The van der Waals surface area contributed by atoms with Crippen LogP contribution in [0.5, 0.6) is 5.75 Å². The van der Waals surface area contributed by atoms with Gasteiger partial charge in [0.05, 0.1) is 25.9 Å². The fourth-order valence-corrected chi connectivity index (χ4v) is 10.4. The van der Waals surface area contributed by atoms with Gasteiger partial charge in [-0.3, -0.25) is 42.3 Å². The fraction of sp³-hybridized carbons (Fsp3) is 0. The monoisotopic (exact) mass is 1130 g/mol. The molecule has 5 aromatic rings. The highest BCUT2D eigenvalue weighted by molar-refractivity contribution is 7.91. The Morgan fingerprint density at radius 3 is 1.68 bits per heavy atom. The van der Waals surface area contributed by atoms with Crippen molar-refractivity contribution >= 4 is 142 Å². The Balaban J connectivity index is 1.27. The Morgan fingerprint density at radius 2 is 1.10 bits per heavy atom. The van der Waals surface area contributed by atoms with Crippen LogP contribution >= 0.6 is 11.6 Å². The maximum atomic E-state index is 13.7. The first-order valence-corrected chi connectivity index (χ1v) is 27.4. The lowest BCUT2D eigenvalue weighted by Gasteiger charge is -2.21. The van der Waals surface area contributed by atoms with Crippen molar-refractivity contribution in [3.8, 4) is 5.75 Å². The average molecular weight is 1130 g/mol. The molecule has 2 aliphatic rings. The lowest BCUT2D eigenvalue weighted by Crippen LogP contribution is -2.28. The molecule has 0 fully saturated rings. The molecule has 0 amide bonds. The summed E-state index contributed by atoms with van der Waals surface area (Å²) in [5.41, 5.74) is -2.86. The van der Waals surface area contributed by atoms with Crippen LogP contribution in [0, 0.1) is 0 Å². The number of phenolic OH excluding ortho intramolecular Hbond substituents is 1. The number of allylic oxidation sites excluding steroid dienone is 2. The first kappa shape index (κ1) is 52.6. The van der Waals surface area contributed by atoms with Gasteiger partial charge >= 0.3 is 0 Å². The number of ketones is 2. The zero-order valence-corrected chi connectivity index (χ0v) is 40.1. The second-order valence-corrected chi connectivity index (χ2v) is 23.0. The van der Waals surface area contributed by atoms with Gasteiger partial charge in [0.1, 0.15) is 31.8 Å². The van der Waals surface area contributed by atoms with Crippen molar-refractivity contribution in [2.45, 2.75) is 24.5 Å². The van der Waals surface area contributed by atoms with E-state index in [1.807, 2.05) is 0 Å². The number of phenols is 1. The minimum Gasteiger partial charge on any atom is -0.505 e. The average Bonchev–Trinajstić information content (AvgIpc) is 3.23. The number of Topliss-reactive ketones (excluding diaryl/α,β-unsaturated/α-hetero) is 1. The van der Waals surface area contributed by atoms with Gasteiger partial charge in [0.25, 0.3) is 60.7 Å². The number of aromatic nitrogens is 3. The van der Waals surface area contributed by atoms with Gasteiger partial charge in [-0.25, -0.2) is 0 Å². The molecule has 0 bridgehead atoms. The van der Waals surface area contributed by atoms with Crippen LogP contribution in [0.25, 0.3) is 12.2 Å². The number of carbonyl (C=O) groups excluding carboxylic acids is 2. The van der Waals surface area contributed by atoms with Crippen LogP contribution in [0.15, 0.2) is 106 Å². The summed E-state index contributed by atoms with van der Waals surface area (Å²) in [6.07, 6.45) is 1.83. The molecule has 1 heterocycles. The Labute approximate surface area is 408 Å². The number of fused-ring (bicyclic) bond motifs is 2. The molecule has 0 unspecified atom stereocenters. The summed E-state index contributed by atoms with van der Waals surface area (Å²) in [7, 11) is -31.8. The minimum absolute atomic E-state index is 0.0368. The van der Waals surface area contributed by atoms with E-state index < -0.39 is 158 Å². The number of aromatic hydroxyl groups is 1. The van der Waals surface area contributed by atoms with Gasteiger partial charge < -0.3 is 21.2 Å². The van der Waals surface area contributed by atoms with Crippen molar-refractivity contribution in [2.75, 3.05) is 21.5 Å². The molecule has 2 aliphatic carbocycles. The molecule has 0 spiro atoms. The van der Waals surface area contributed by atoms with Gasteiger partial charge in [0.15, 0.2) is 5.71 Å². The van der Waals surface area contributed by atoms with E-state index >= 15 is 0 Å². The lowest BCUT2D eigenvalue weighted by atomic mass is 9.93. The van der Waals surface area contributed by atoms with Crippen molar-refractivity contribution in [1.29, 1.82) is 0 Å². The van der Waals surface area contributed by atoms with Gasteiger partial charge in [0.2, 0.25) is 28.7 Å². The first-order valence-electron chi connectivity index (χ1n) is 18.4. The van der Waals surface area contributed by atoms with E-state index in [4.69, 9.17) is 11.6 Å². The van der Waals surface area contributed by atoms with Crippen molar-refractivity contribution in [2.24, 2.45) is 10.2 Å². The van der Waals surface area contributed by atoms with Crippen LogP contribution in [0.4, 0.5) is 34.6 Å². The molecular formula is C35H24ClN9O21S6. The third-order valence-electron chi connectivity index (χ3n) is 9.43. The number of hydrogen-bond acceptors (Lipinski definition) is 24. The maximum Gasteiger partial charge on any atom is 0.296 e. The predicted molar refractivity (Wildman–Crippen MR) is 247 cm³/mol. The highest BCUT2D eigenvalue weighted by Gasteiger charge is 2.38. The van der Waals surface area contributed by atoms with Crippen LogP contribution in [-0.2, 0) is 65.5 Å². The topological polar surface area (TPSA) is 492 Å². The van der Waals surface area contributed by atoms with E-state index in [1.165, 1.54) is 12.1 Å². The number of benzene rings is 4. The summed E-state index contributed by atoms with van der Waals surface area (Å²) >= 11 is 6.04. The van der Waals surface area contributed by atoms with Gasteiger partial charge in [-0.1, -0.05) is 6.07 Å². The molecule has 72 heavy (non-hydrogen) atoms. The summed E-state index contributed by atoms with van der Waals surface area (Å²) in [4.78, 5) is 31.8. The first-order chi connectivity index (χ1) is 33.1. The third kappa shape index (κ3) is 11.3. The number of carbonyl (C=O) groups is 2. The molecule has 0 atom stereocenters. The third-order valence-corrected chi connectivity index (χ3v) is 14.7. The molecular weight excluding hydrogens is 1110 g/mol. The van der Waals surface area contributed by atoms with Crippen LogP contribution in [0.1, 0.15) is 27.0 Å². The SMILES string of the molecule is O=C1C=Cc2c(cc(S(=O)(=O)O)c(NNc3cc(Nc4nc(Cl)nc(Nc5cccc(S(=O)(=O)O)c5)n4)cc(S(=O)(=O)O)c3)c2O)/C1=N/N=C1C(=O)c2c(cc(S(=O)(=O)O)cc2S(=O)(=O)O)C=C1S(=O)(=O)O. The van der Waals surface area contributed by atoms with Crippen LogP contribution in [0.3, 0.4) is 0 Å². The van der Waals surface area contributed by atoms with E-state index in [-0.39, 0.29) is 29.1 Å². The highest BCUT2D eigenvalue weighted by atomic mass is 35.5. The second-order valence-electron chi connectivity index (χ2n) is 14.3. The molecule has 378 valence electrons. The smallest absolute Gasteiger partial charge is 0.296 e. The Hall–Kier alpha value is -7.20. The summed E-state index contributed by atoms with van der Waals surface area (Å²) in [5, 5.41) is 23.1. The molecule has 1 aromatic heterocycles. The van der Waals surface area contributed by atoms with Crippen molar-refractivity contribution in [3.05, 3.63) is 99.2 Å². The molecule has 4 aromatic carbocycles. The van der Waals surface area contributed by atoms with Crippen LogP contribution in [-0.4, -0.2) is 121 Å². The quantitative estimate of drug-likeness (QED) is 0.0431. The van der Waals surface area contributed by atoms with E-state index in [2.05, 4.69) is 46.6 Å². The largest absolute Gasteiger partial charge is 0.505 e. The number of halogens is 1. The zero-order chi connectivity index (χ0) is 53.3. The van der Waals surface area contributed by atoms with Crippen molar-refractivity contribution < 1.29 is 92.5 Å². The number of nitrogens with one attached hydrogen (secondary N) is 4. The molecule has 0 radical (unpaired) electrons. The Morgan fingerprint density at radius 1 is 0.542 bits per heavy atom. The molecule has 0 saturated heterocycles. The number of hydrogen-bond donors (Lipinski definition) is 11. The van der Waals surface area contributed by atoms with Gasteiger partial charge in [-0.15, -0.1) is 10.2 Å². The molecule has 30 nitrogen and oxygen atoms in total. The molecule has 11 N–H and O–H groups in total. The highest BCUT2D eigenvalue weighted by Crippen LogP contribution is 2.40. The number of anilines is 6. The summed E-state index contributed by atoms with van der Waals surface area (Å²) < 4.78 is 206. The molecule has 37 heteroatoms. The number of hydrazine groups is 1. The van der Waals surface area contributed by atoms with E-state index in [0.717, 1.165) is 36.4 Å². The van der Waals surface area contributed by atoms with Gasteiger partial charge in [-0.2, -0.15) is 65.5 Å². The summed E-state index contributed by atoms with van der Waals surface area (Å²) in [6.45, 7) is 0. The standard InChI is InChI=1S/C35H24ClN9O21S6/c36-33-39-34(37-15-2-1-3-18(9-15)67(49,50)51)41-35(40-33)38-16-8-17(11-20(10-16)69(55,56)57)42-44-29-26(72(64,65)66)13-22-21(31(29)47)4-5-23(46)28(22)43-45-30-25(71(61,62)63)7-14-6-19(68(52,53)54)12-24(70(58,59)60)27(14)32(30)48/h1-13,42,44,47H,(H,49,50,51)(H,52,53,54)(H,55,56,57)(H,58,59,60)(H,61,62,63)(H,64,65,66)(H2,37,38,39,40,41)/b43-28-,45-30?. The predicted octanol–water partition coefficient (Wildman–Crippen LogP) is 2.26. The Bertz CT molecular complexity index is 4110. The van der Waals surface area contributed by atoms with Crippen LogP contribution in [0.2, 0.25) is 5.28 Å². The lowest BCUT2D eigenvalue weighted by molar-refractivity contribution is -0.108. The van der Waals surface area contributed by atoms with Crippen molar-refractivity contribution in [3.63, 3.8) is 0 Å². The van der Waals surface area contributed by atoms with E-state index in [1.54, 1.807) is 0 Å². The number of nitrogens with zero attached hydrogens (tertiary/aromatic N) is 5. The fourth-order valence-electron chi connectivity index (χ4n) is 6.46. The van der Waals surface area contributed by atoms with E-state index in [9.17, 15) is 92.5 Å². The van der Waals surface area contributed by atoms with Gasteiger partial charge in [0, 0.05) is 22.5 Å². The summed E-state index contributed by atoms with van der Waals surface area (Å²) in [6, 6.07) is 8.40.